The van der Waals surface area contributed by atoms with Crippen molar-refractivity contribution in [2.45, 2.75) is 13.5 Å². The van der Waals surface area contributed by atoms with Gasteiger partial charge in [0, 0.05) is 25.4 Å². The van der Waals surface area contributed by atoms with Crippen LogP contribution in [0.15, 0.2) is 45.8 Å². The van der Waals surface area contributed by atoms with Gasteiger partial charge in [-0.1, -0.05) is 12.1 Å². The zero-order valence-electron chi connectivity index (χ0n) is 10.2. The average molecular weight is 432 g/mol. The lowest BCUT2D eigenvalue weighted by Crippen LogP contribution is -2.25. The molecule has 3 nitrogen and oxygen atoms in total. The van der Waals surface area contributed by atoms with Crippen LogP contribution < -0.4 is 5.56 Å². The van der Waals surface area contributed by atoms with Crippen molar-refractivity contribution in [3.05, 3.63) is 66.1 Å². The van der Waals surface area contributed by atoms with Crippen molar-refractivity contribution in [3.63, 3.8) is 0 Å². The normalized spacial score (nSPS) is 10.5. The van der Waals surface area contributed by atoms with E-state index in [1.165, 1.54) is 4.57 Å². The molecule has 0 saturated heterocycles. The molecule has 2 aromatic rings. The van der Waals surface area contributed by atoms with E-state index in [1.807, 2.05) is 12.1 Å². The predicted octanol–water partition coefficient (Wildman–Crippen LogP) is 3.41. The number of aromatic nitrogens is 1. The molecule has 0 unspecified atom stereocenters. The monoisotopic (exact) mass is 431 g/mol. The molecule has 0 radical (unpaired) electrons. The highest BCUT2D eigenvalue weighted by molar-refractivity contribution is 14.1. The Bertz CT molecular complexity index is 677. The van der Waals surface area contributed by atoms with Gasteiger partial charge in [0.15, 0.2) is 5.78 Å². The lowest BCUT2D eigenvalue weighted by atomic mass is 10.1. The minimum absolute atomic E-state index is 0.0553. The standard InChI is InChI=1S/C14H11BrINO2/c1-9-6-11(15)7-17(14(9)19)8-13(18)10-2-4-12(16)5-3-10/h2-7H,8H2,1H3. The Balaban J connectivity index is 2.29. The molecule has 2 rings (SSSR count). The van der Waals surface area contributed by atoms with Crippen molar-refractivity contribution in [3.8, 4) is 0 Å². The fraction of sp³-hybridized carbons (Fsp3) is 0.143. The van der Waals surface area contributed by atoms with E-state index in [9.17, 15) is 9.59 Å². The molecule has 0 fully saturated rings. The minimum atomic E-state index is -0.137. The molecule has 98 valence electrons. The quantitative estimate of drug-likeness (QED) is 0.551. The fourth-order valence-corrected chi connectivity index (χ4v) is 2.69. The van der Waals surface area contributed by atoms with Gasteiger partial charge < -0.3 is 4.57 Å². The third-order valence-corrected chi connectivity index (χ3v) is 3.86. The molecule has 0 atom stereocenters. The van der Waals surface area contributed by atoms with Gasteiger partial charge in [-0.25, -0.2) is 0 Å². The third-order valence-electron chi connectivity index (χ3n) is 2.71. The summed E-state index contributed by atoms with van der Waals surface area (Å²) >= 11 is 5.52. The summed E-state index contributed by atoms with van der Waals surface area (Å²) in [6.07, 6.45) is 1.64. The Labute approximate surface area is 132 Å². The van der Waals surface area contributed by atoms with Crippen LogP contribution in [0.2, 0.25) is 0 Å². The minimum Gasteiger partial charge on any atom is -0.306 e. The van der Waals surface area contributed by atoms with E-state index < -0.39 is 0 Å². The molecule has 5 heteroatoms. The molecule has 0 amide bonds. The van der Waals surface area contributed by atoms with Gasteiger partial charge in [0.05, 0.1) is 6.54 Å². The molecular weight excluding hydrogens is 421 g/mol. The summed E-state index contributed by atoms with van der Waals surface area (Å²) in [5.41, 5.74) is 1.09. The molecule has 1 heterocycles. The SMILES string of the molecule is Cc1cc(Br)cn(CC(=O)c2ccc(I)cc2)c1=O. The number of pyridine rings is 1. The predicted molar refractivity (Wildman–Crippen MR) is 86.6 cm³/mol. The summed E-state index contributed by atoms with van der Waals surface area (Å²) in [6.45, 7) is 1.79. The number of halogens is 2. The van der Waals surface area contributed by atoms with Crippen molar-refractivity contribution in [1.29, 1.82) is 0 Å². The molecule has 0 bridgehead atoms. The van der Waals surface area contributed by atoms with Gasteiger partial charge in [0.2, 0.25) is 0 Å². The zero-order chi connectivity index (χ0) is 14.0. The van der Waals surface area contributed by atoms with Crippen molar-refractivity contribution < 1.29 is 4.79 Å². The van der Waals surface area contributed by atoms with Crippen LogP contribution >= 0.6 is 38.5 Å². The van der Waals surface area contributed by atoms with Crippen LogP contribution in [0.3, 0.4) is 0 Å². The number of carbonyl (C=O) groups is 1. The smallest absolute Gasteiger partial charge is 0.253 e. The third kappa shape index (κ3) is 3.54. The number of nitrogens with zero attached hydrogens (tertiary/aromatic N) is 1. The van der Waals surface area contributed by atoms with Crippen LogP contribution in [0.1, 0.15) is 15.9 Å². The molecule has 0 N–H and O–H groups in total. The Morgan fingerprint density at radius 2 is 1.95 bits per heavy atom. The van der Waals surface area contributed by atoms with Crippen molar-refractivity contribution in [2.24, 2.45) is 0 Å². The second-order valence-electron chi connectivity index (χ2n) is 4.20. The topological polar surface area (TPSA) is 39.1 Å². The van der Waals surface area contributed by atoms with Gasteiger partial charge in [-0.2, -0.15) is 0 Å². The van der Waals surface area contributed by atoms with Gasteiger partial charge >= 0.3 is 0 Å². The fourth-order valence-electron chi connectivity index (χ4n) is 1.74. The van der Waals surface area contributed by atoms with E-state index in [4.69, 9.17) is 0 Å². The first-order valence-corrected chi connectivity index (χ1v) is 7.50. The van der Waals surface area contributed by atoms with E-state index in [-0.39, 0.29) is 17.9 Å². The number of Topliss-reactive ketones (excluding diaryl/α,β-unsaturated/α-hetero) is 1. The Morgan fingerprint density at radius 1 is 1.32 bits per heavy atom. The number of hydrogen-bond donors (Lipinski definition) is 0. The summed E-state index contributed by atoms with van der Waals surface area (Å²) in [5, 5.41) is 0. The largest absolute Gasteiger partial charge is 0.306 e. The van der Waals surface area contributed by atoms with Gasteiger partial charge in [0.25, 0.3) is 5.56 Å². The maximum Gasteiger partial charge on any atom is 0.253 e. The summed E-state index contributed by atoms with van der Waals surface area (Å²) < 4.78 is 3.30. The summed E-state index contributed by atoms with van der Waals surface area (Å²) in [6, 6.07) is 9.06. The lowest BCUT2D eigenvalue weighted by Gasteiger charge is -2.07. The van der Waals surface area contributed by atoms with Crippen molar-refractivity contribution in [1.82, 2.24) is 4.57 Å². The first kappa shape index (κ1) is 14.5. The molecule has 0 aliphatic heterocycles. The number of carbonyl (C=O) groups excluding carboxylic acids is 1. The van der Waals surface area contributed by atoms with Crippen LogP contribution in [0.5, 0.6) is 0 Å². The molecule has 1 aromatic carbocycles. The van der Waals surface area contributed by atoms with Crippen LogP contribution in [0.4, 0.5) is 0 Å². The van der Waals surface area contributed by atoms with Crippen molar-refractivity contribution >= 4 is 44.3 Å². The Kier molecular flexibility index (Phi) is 4.57. The van der Waals surface area contributed by atoms with Crippen LogP contribution in [0.25, 0.3) is 0 Å². The zero-order valence-corrected chi connectivity index (χ0v) is 13.9. The van der Waals surface area contributed by atoms with E-state index >= 15 is 0 Å². The van der Waals surface area contributed by atoms with E-state index in [0.29, 0.717) is 11.1 Å². The maximum atomic E-state index is 12.1. The maximum absolute atomic E-state index is 12.1. The highest BCUT2D eigenvalue weighted by Crippen LogP contribution is 2.10. The molecule has 0 aliphatic rings. The number of ketones is 1. The van der Waals surface area contributed by atoms with Crippen LogP contribution in [-0.4, -0.2) is 10.4 Å². The number of benzene rings is 1. The summed E-state index contributed by atoms with van der Waals surface area (Å²) in [5.74, 6) is -0.0731. The van der Waals surface area contributed by atoms with Gasteiger partial charge in [-0.3, -0.25) is 9.59 Å². The molecular formula is C14H11BrINO2. The number of hydrogen-bond acceptors (Lipinski definition) is 2. The van der Waals surface area contributed by atoms with Gasteiger partial charge in [-0.05, 0) is 63.6 Å². The molecule has 0 aliphatic carbocycles. The summed E-state index contributed by atoms with van der Waals surface area (Å²) in [4.78, 5) is 24.1. The number of rotatable bonds is 3. The van der Waals surface area contributed by atoms with E-state index in [1.54, 1.807) is 31.3 Å². The lowest BCUT2D eigenvalue weighted by molar-refractivity contribution is 0.0970. The molecule has 0 saturated carbocycles. The molecule has 0 spiro atoms. The molecule has 19 heavy (non-hydrogen) atoms. The van der Waals surface area contributed by atoms with Crippen LogP contribution in [0, 0.1) is 10.5 Å². The highest BCUT2D eigenvalue weighted by Gasteiger charge is 2.09. The second-order valence-corrected chi connectivity index (χ2v) is 6.37. The Hall–Kier alpha value is -0.950. The van der Waals surface area contributed by atoms with E-state index in [2.05, 4.69) is 38.5 Å². The average Bonchev–Trinajstić information content (AvgIpc) is 2.36. The van der Waals surface area contributed by atoms with Crippen molar-refractivity contribution in [2.75, 3.05) is 0 Å². The first-order chi connectivity index (χ1) is 8.97. The number of aryl methyl sites for hydroxylation is 1. The summed E-state index contributed by atoms with van der Waals surface area (Å²) in [7, 11) is 0. The molecule has 1 aromatic heterocycles. The Morgan fingerprint density at radius 3 is 2.58 bits per heavy atom. The van der Waals surface area contributed by atoms with Crippen LogP contribution in [-0.2, 0) is 6.54 Å². The van der Waals surface area contributed by atoms with Gasteiger partial charge in [-0.15, -0.1) is 0 Å². The highest BCUT2D eigenvalue weighted by atomic mass is 127. The first-order valence-electron chi connectivity index (χ1n) is 5.63. The van der Waals surface area contributed by atoms with E-state index in [0.717, 1.165) is 8.04 Å². The van der Waals surface area contributed by atoms with Gasteiger partial charge in [0.1, 0.15) is 0 Å². The second kappa shape index (κ2) is 6.00.